The molecule has 2 aromatic carbocycles. The summed E-state index contributed by atoms with van der Waals surface area (Å²) in [6, 6.07) is 12.6. The molecule has 0 bridgehead atoms. The maximum atomic E-state index is 13.2. The first kappa shape index (κ1) is 25.5. The van der Waals surface area contributed by atoms with Crippen molar-refractivity contribution in [2.24, 2.45) is 5.10 Å². The van der Waals surface area contributed by atoms with Gasteiger partial charge in [-0.2, -0.15) is 10.1 Å². The van der Waals surface area contributed by atoms with Crippen molar-refractivity contribution in [3.63, 3.8) is 0 Å². The quantitative estimate of drug-likeness (QED) is 0.450. The number of nitrogens with zero attached hydrogens (tertiary/aromatic N) is 3. The van der Waals surface area contributed by atoms with Gasteiger partial charge >= 0.3 is 12.2 Å². The minimum Gasteiger partial charge on any atom is -0.497 e. The number of alkyl carbamates (subject to hydrolysis) is 1. The molecule has 0 spiro atoms. The molecule has 1 N–H and O–H groups in total. The summed E-state index contributed by atoms with van der Waals surface area (Å²) in [6.07, 6.45) is -2.42. The Morgan fingerprint density at radius 1 is 1.03 bits per heavy atom. The number of nitrogens with one attached hydrogen (secondary N) is 1. The first-order valence-electron chi connectivity index (χ1n) is 11.0. The topological polar surface area (TPSA) is 133 Å². The molecule has 11 nitrogen and oxygen atoms in total. The van der Waals surface area contributed by atoms with Crippen molar-refractivity contribution in [1.29, 1.82) is 0 Å². The number of nitro benzene ring substituents is 1. The third-order valence-corrected chi connectivity index (χ3v) is 5.15. The number of hydrogen-bond acceptors (Lipinski definition) is 8. The molecule has 0 radical (unpaired) electrons. The van der Waals surface area contributed by atoms with E-state index in [-0.39, 0.29) is 12.1 Å². The van der Waals surface area contributed by atoms with Crippen molar-refractivity contribution in [1.82, 2.24) is 10.3 Å². The SMILES string of the molecule is COc1ccc(C2=NN(C(=O)OC(C)C)C(NC(=O)OC(C)C)(c3ccc([N+](=O)[O-])cc3)C2)cc1. The maximum Gasteiger partial charge on any atom is 0.433 e. The number of carbonyl (C=O) groups excluding carboxylic acids is 2. The number of amides is 2. The summed E-state index contributed by atoms with van der Waals surface area (Å²) in [5.41, 5.74) is -0.133. The first-order valence-corrected chi connectivity index (χ1v) is 11.0. The number of rotatable bonds is 7. The number of hydrogen-bond donors (Lipinski definition) is 1. The molecule has 1 aliphatic heterocycles. The number of benzene rings is 2. The third-order valence-electron chi connectivity index (χ3n) is 5.15. The van der Waals surface area contributed by atoms with E-state index >= 15 is 0 Å². The zero-order valence-electron chi connectivity index (χ0n) is 20.2. The molecule has 11 heteroatoms. The summed E-state index contributed by atoms with van der Waals surface area (Å²) in [7, 11) is 1.55. The highest BCUT2D eigenvalue weighted by Gasteiger charge is 2.50. The lowest BCUT2D eigenvalue weighted by atomic mass is 9.91. The molecule has 1 aliphatic rings. The second-order valence-corrected chi connectivity index (χ2v) is 8.44. The number of methoxy groups -OCH3 is 1. The Kier molecular flexibility index (Phi) is 7.58. The van der Waals surface area contributed by atoms with Gasteiger partial charge in [-0.15, -0.1) is 0 Å². The van der Waals surface area contributed by atoms with E-state index in [0.717, 1.165) is 5.01 Å². The second-order valence-electron chi connectivity index (χ2n) is 8.44. The highest BCUT2D eigenvalue weighted by Crippen LogP contribution is 2.39. The monoisotopic (exact) mass is 484 g/mol. The van der Waals surface area contributed by atoms with Crippen LogP contribution in [-0.4, -0.2) is 47.1 Å². The van der Waals surface area contributed by atoms with Crippen molar-refractivity contribution in [2.75, 3.05) is 7.11 Å². The molecular formula is C24H28N4O7. The fourth-order valence-corrected chi connectivity index (χ4v) is 3.61. The molecule has 2 aromatic rings. The fourth-order valence-electron chi connectivity index (χ4n) is 3.61. The van der Waals surface area contributed by atoms with Crippen LogP contribution in [-0.2, 0) is 15.1 Å². The number of carbonyl (C=O) groups is 2. The summed E-state index contributed by atoms with van der Waals surface area (Å²) in [5, 5.41) is 19.5. The van der Waals surface area contributed by atoms with Crippen LogP contribution in [0.15, 0.2) is 53.6 Å². The minimum absolute atomic E-state index is 0.0531. The molecule has 1 unspecified atom stereocenters. The lowest BCUT2D eigenvalue weighted by Gasteiger charge is -2.36. The van der Waals surface area contributed by atoms with Crippen LogP contribution in [0, 0.1) is 10.1 Å². The number of non-ortho nitro benzene ring substituents is 1. The lowest BCUT2D eigenvalue weighted by molar-refractivity contribution is -0.384. The van der Waals surface area contributed by atoms with Gasteiger partial charge in [-0.05, 0) is 69.7 Å². The standard InChI is InChI=1S/C24H28N4O7/c1-15(2)34-22(29)25-24(18-8-10-19(11-9-18)28(31)32)14-21(17-6-12-20(33-5)13-7-17)26-27(24)23(30)35-16(3)4/h6-13,15-16H,14H2,1-5H3,(H,25,29). The fraction of sp³-hybridized carbons (Fsp3) is 0.375. The molecule has 0 saturated heterocycles. The zero-order chi connectivity index (χ0) is 25.8. The molecule has 0 saturated carbocycles. The molecule has 2 amide bonds. The van der Waals surface area contributed by atoms with E-state index in [1.807, 2.05) is 0 Å². The molecular weight excluding hydrogens is 456 g/mol. The van der Waals surface area contributed by atoms with Crippen LogP contribution in [0.1, 0.15) is 45.2 Å². The van der Waals surface area contributed by atoms with Crippen LogP contribution < -0.4 is 10.1 Å². The predicted molar refractivity (Wildman–Crippen MR) is 127 cm³/mol. The maximum absolute atomic E-state index is 13.2. The normalized spacial score (nSPS) is 17.2. The molecule has 1 heterocycles. The Morgan fingerprint density at radius 3 is 2.14 bits per heavy atom. The summed E-state index contributed by atoms with van der Waals surface area (Å²) in [5.74, 6) is 0.642. The van der Waals surface area contributed by atoms with Crippen LogP contribution >= 0.6 is 0 Å². The van der Waals surface area contributed by atoms with Crippen molar-refractivity contribution >= 4 is 23.6 Å². The third kappa shape index (κ3) is 5.68. The van der Waals surface area contributed by atoms with Crippen molar-refractivity contribution in [3.8, 4) is 5.75 Å². The summed E-state index contributed by atoms with van der Waals surface area (Å²) in [6.45, 7) is 6.76. The molecule has 0 fully saturated rings. The average Bonchev–Trinajstić information content (AvgIpc) is 3.18. The van der Waals surface area contributed by atoms with Crippen molar-refractivity contribution in [3.05, 3.63) is 69.8 Å². The minimum atomic E-state index is -1.55. The molecule has 3 rings (SSSR count). The van der Waals surface area contributed by atoms with Gasteiger partial charge in [-0.25, -0.2) is 9.59 Å². The Balaban J connectivity index is 2.13. The van der Waals surface area contributed by atoms with E-state index in [9.17, 15) is 19.7 Å². The van der Waals surface area contributed by atoms with Gasteiger partial charge in [0, 0.05) is 24.1 Å². The van der Waals surface area contributed by atoms with E-state index in [1.54, 1.807) is 59.1 Å². The summed E-state index contributed by atoms with van der Waals surface area (Å²) < 4.78 is 15.9. The van der Waals surface area contributed by atoms with E-state index in [4.69, 9.17) is 14.2 Å². The van der Waals surface area contributed by atoms with Crippen LogP contribution in [0.2, 0.25) is 0 Å². The Morgan fingerprint density at radius 2 is 1.63 bits per heavy atom. The first-order chi connectivity index (χ1) is 16.6. The smallest absolute Gasteiger partial charge is 0.433 e. The molecule has 35 heavy (non-hydrogen) atoms. The molecule has 1 atom stereocenters. The van der Waals surface area contributed by atoms with Gasteiger partial charge in [-0.1, -0.05) is 0 Å². The second kappa shape index (κ2) is 10.4. The van der Waals surface area contributed by atoms with Gasteiger partial charge in [0.1, 0.15) is 5.75 Å². The van der Waals surface area contributed by atoms with Crippen molar-refractivity contribution in [2.45, 2.75) is 52.0 Å². The molecule has 186 valence electrons. The average molecular weight is 485 g/mol. The Bertz CT molecular complexity index is 1110. The van der Waals surface area contributed by atoms with Crippen LogP contribution in [0.25, 0.3) is 0 Å². The van der Waals surface area contributed by atoms with E-state index in [2.05, 4.69) is 10.4 Å². The van der Waals surface area contributed by atoms with Gasteiger partial charge in [0.2, 0.25) is 0 Å². The highest BCUT2D eigenvalue weighted by molar-refractivity contribution is 6.03. The molecule has 0 aliphatic carbocycles. The van der Waals surface area contributed by atoms with Gasteiger partial charge in [0.25, 0.3) is 5.69 Å². The van der Waals surface area contributed by atoms with Gasteiger partial charge in [0.05, 0.1) is 30.0 Å². The highest BCUT2D eigenvalue weighted by atomic mass is 16.6. The largest absolute Gasteiger partial charge is 0.497 e. The van der Waals surface area contributed by atoms with Gasteiger partial charge in [-0.3, -0.25) is 15.4 Å². The zero-order valence-corrected chi connectivity index (χ0v) is 20.2. The van der Waals surface area contributed by atoms with Gasteiger partial charge in [0.15, 0.2) is 5.66 Å². The Hall–Kier alpha value is -4.15. The molecule has 0 aromatic heterocycles. The lowest BCUT2D eigenvalue weighted by Crippen LogP contribution is -2.56. The predicted octanol–water partition coefficient (Wildman–Crippen LogP) is 4.55. The van der Waals surface area contributed by atoms with Crippen LogP contribution in [0.4, 0.5) is 15.3 Å². The van der Waals surface area contributed by atoms with E-state index in [0.29, 0.717) is 22.6 Å². The van der Waals surface area contributed by atoms with Crippen LogP contribution in [0.3, 0.4) is 0 Å². The number of nitro groups is 1. The number of hydrazone groups is 1. The van der Waals surface area contributed by atoms with Crippen LogP contribution in [0.5, 0.6) is 5.75 Å². The number of ether oxygens (including phenoxy) is 3. The van der Waals surface area contributed by atoms with Gasteiger partial charge < -0.3 is 14.2 Å². The van der Waals surface area contributed by atoms with E-state index in [1.165, 1.54) is 24.3 Å². The summed E-state index contributed by atoms with van der Waals surface area (Å²) in [4.78, 5) is 36.6. The summed E-state index contributed by atoms with van der Waals surface area (Å²) >= 11 is 0. The van der Waals surface area contributed by atoms with E-state index < -0.39 is 35.0 Å². The Labute approximate surface area is 202 Å². The van der Waals surface area contributed by atoms with Crippen molar-refractivity contribution < 1.29 is 28.7 Å².